The molecule has 0 spiro atoms. The molecule has 0 bridgehead atoms. The minimum absolute atomic E-state index is 0.00177. The zero-order valence-electron chi connectivity index (χ0n) is 20.7. The molecule has 188 valence electrons. The second-order valence-electron chi connectivity index (χ2n) is 9.03. The maximum absolute atomic E-state index is 13.1. The van der Waals surface area contributed by atoms with E-state index in [9.17, 15) is 10.1 Å². The molecule has 0 aromatic heterocycles. The van der Waals surface area contributed by atoms with Crippen LogP contribution in [0.1, 0.15) is 27.4 Å². The summed E-state index contributed by atoms with van der Waals surface area (Å²) < 4.78 is 17.6. The lowest BCUT2D eigenvalue weighted by Gasteiger charge is -2.27. The highest BCUT2D eigenvalue weighted by molar-refractivity contribution is 6.05. The van der Waals surface area contributed by atoms with Crippen molar-refractivity contribution in [2.45, 2.75) is 5.92 Å². The van der Waals surface area contributed by atoms with Crippen molar-refractivity contribution >= 4 is 16.7 Å². The molecule has 0 saturated heterocycles. The largest absolute Gasteiger partial charge is 0.457 e. The molecular weight excluding hydrogens is 488 g/mol. The molecular formula is C33H22N2O4. The Hall–Kier alpha value is -5.54. The Morgan fingerprint density at radius 3 is 2.38 bits per heavy atom. The Kier molecular flexibility index (Phi) is 6.16. The first-order valence-electron chi connectivity index (χ1n) is 12.3. The van der Waals surface area contributed by atoms with E-state index in [1.54, 1.807) is 24.3 Å². The zero-order chi connectivity index (χ0) is 26.8. The molecule has 5 aromatic carbocycles. The molecule has 5 aromatic rings. The quantitative estimate of drug-likeness (QED) is 0.201. The summed E-state index contributed by atoms with van der Waals surface area (Å²) >= 11 is 0. The van der Waals surface area contributed by atoms with Crippen LogP contribution in [0.2, 0.25) is 0 Å². The van der Waals surface area contributed by atoms with E-state index in [1.165, 1.54) is 0 Å². The van der Waals surface area contributed by atoms with E-state index in [0.29, 0.717) is 34.1 Å². The molecule has 6 heteroatoms. The van der Waals surface area contributed by atoms with Gasteiger partial charge in [0.1, 0.15) is 34.6 Å². The highest BCUT2D eigenvalue weighted by Gasteiger charge is 2.31. The van der Waals surface area contributed by atoms with E-state index < -0.39 is 11.9 Å². The topological polar surface area (TPSA) is 94.6 Å². The third kappa shape index (κ3) is 4.65. The molecule has 6 nitrogen and oxygen atoms in total. The number of allylic oxidation sites excluding steroid dienone is 1. The Morgan fingerprint density at radius 2 is 1.54 bits per heavy atom. The van der Waals surface area contributed by atoms with E-state index in [2.05, 4.69) is 6.07 Å². The van der Waals surface area contributed by atoms with Gasteiger partial charge in [-0.3, -0.25) is 0 Å². The van der Waals surface area contributed by atoms with E-state index in [0.717, 1.165) is 21.9 Å². The standard InChI is InChI=1S/C33H22N2O4/c34-20-29-31(22-10-6-13-24(18-22)37-23-11-2-1-3-12-23)28-17-16-25(19-30(28)39-32(29)35)38-33(36)27-15-7-9-21-8-4-5-14-26(21)27/h1-19,31H,35H2. The van der Waals surface area contributed by atoms with Crippen molar-refractivity contribution in [1.82, 2.24) is 0 Å². The number of nitrogens with two attached hydrogens (primary N) is 1. The normalized spacial score (nSPS) is 14.2. The predicted molar refractivity (Wildman–Crippen MR) is 148 cm³/mol. The van der Waals surface area contributed by atoms with Crippen LogP contribution >= 0.6 is 0 Å². The highest BCUT2D eigenvalue weighted by Crippen LogP contribution is 2.44. The van der Waals surface area contributed by atoms with Gasteiger partial charge in [-0.05, 0) is 52.7 Å². The average Bonchev–Trinajstić information content (AvgIpc) is 2.96. The van der Waals surface area contributed by atoms with Gasteiger partial charge in [-0.15, -0.1) is 0 Å². The van der Waals surface area contributed by atoms with E-state index in [4.69, 9.17) is 19.9 Å². The summed E-state index contributed by atoms with van der Waals surface area (Å²) in [4.78, 5) is 13.1. The maximum atomic E-state index is 13.1. The van der Waals surface area contributed by atoms with Gasteiger partial charge in [-0.25, -0.2) is 4.79 Å². The van der Waals surface area contributed by atoms with Gasteiger partial charge in [0.15, 0.2) is 0 Å². The molecule has 0 saturated carbocycles. The Balaban J connectivity index is 1.33. The minimum atomic E-state index is -0.485. The van der Waals surface area contributed by atoms with Crippen LogP contribution in [0.25, 0.3) is 10.8 Å². The number of carbonyl (C=O) groups excluding carboxylic acids is 1. The number of benzene rings is 5. The van der Waals surface area contributed by atoms with Crippen LogP contribution in [0, 0.1) is 11.3 Å². The Labute approximate surface area is 225 Å². The van der Waals surface area contributed by atoms with Crippen molar-refractivity contribution in [3.63, 3.8) is 0 Å². The van der Waals surface area contributed by atoms with Crippen molar-refractivity contribution in [3.8, 4) is 29.1 Å². The number of rotatable bonds is 5. The molecule has 2 N–H and O–H groups in total. The SMILES string of the molecule is N#CC1=C(N)Oc2cc(OC(=O)c3cccc4ccccc34)ccc2C1c1cccc(Oc2ccccc2)c1. The molecule has 1 aliphatic heterocycles. The van der Waals surface area contributed by atoms with E-state index >= 15 is 0 Å². The maximum Gasteiger partial charge on any atom is 0.344 e. The van der Waals surface area contributed by atoms with E-state index in [-0.39, 0.29) is 5.88 Å². The van der Waals surface area contributed by atoms with Crippen LogP contribution in [0.15, 0.2) is 127 Å². The number of hydrogen-bond acceptors (Lipinski definition) is 6. The van der Waals surface area contributed by atoms with Gasteiger partial charge in [-0.1, -0.05) is 72.8 Å². The lowest BCUT2D eigenvalue weighted by molar-refractivity contribution is 0.0736. The molecule has 0 radical (unpaired) electrons. The van der Waals surface area contributed by atoms with Gasteiger partial charge in [0.05, 0.1) is 11.5 Å². The molecule has 1 heterocycles. The number of nitrogens with zero attached hydrogens (tertiary/aromatic N) is 1. The molecule has 39 heavy (non-hydrogen) atoms. The van der Waals surface area contributed by atoms with Crippen LogP contribution in [0.4, 0.5) is 0 Å². The Bertz CT molecular complexity index is 1780. The summed E-state index contributed by atoms with van der Waals surface area (Å²) in [5, 5.41) is 11.7. The van der Waals surface area contributed by atoms with Gasteiger partial charge >= 0.3 is 5.97 Å². The summed E-state index contributed by atoms with van der Waals surface area (Å²) in [5.41, 5.74) is 8.49. The molecule has 0 fully saturated rings. The van der Waals surface area contributed by atoms with E-state index in [1.807, 2.05) is 91.0 Å². The number of esters is 1. The van der Waals surface area contributed by atoms with Crippen LogP contribution in [-0.4, -0.2) is 5.97 Å². The highest BCUT2D eigenvalue weighted by atomic mass is 16.5. The van der Waals surface area contributed by atoms with Crippen LogP contribution in [0.5, 0.6) is 23.0 Å². The third-order valence-electron chi connectivity index (χ3n) is 6.58. The molecule has 1 unspecified atom stereocenters. The number of para-hydroxylation sites is 1. The first kappa shape index (κ1) is 23.8. The fourth-order valence-electron chi connectivity index (χ4n) is 4.79. The molecule has 0 aliphatic carbocycles. The number of fused-ring (bicyclic) bond motifs is 2. The fourth-order valence-corrected chi connectivity index (χ4v) is 4.79. The van der Waals surface area contributed by atoms with Crippen LogP contribution < -0.4 is 19.9 Å². The minimum Gasteiger partial charge on any atom is -0.457 e. The lowest BCUT2D eigenvalue weighted by Crippen LogP contribution is -2.21. The second-order valence-corrected chi connectivity index (χ2v) is 9.03. The summed E-state index contributed by atoms with van der Waals surface area (Å²) in [6.45, 7) is 0. The monoisotopic (exact) mass is 510 g/mol. The average molecular weight is 511 g/mol. The van der Waals surface area contributed by atoms with Gasteiger partial charge in [-0.2, -0.15) is 5.26 Å². The van der Waals surface area contributed by atoms with Crippen molar-refractivity contribution in [2.75, 3.05) is 0 Å². The van der Waals surface area contributed by atoms with Gasteiger partial charge in [0.25, 0.3) is 0 Å². The summed E-state index contributed by atoms with van der Waals surface area (Å²) in [6, 6.07) is 37.4. The number of carbonyl (C=O) groups is 1. The predicted octanol–water partition coefficient (Wildman–Crippen LogP) is 7.07. The molecule has 1 aliphatic rings. The second kappa shape index (κ2) is 10.1. The molecule has 6 rings (SSSR count). The third-order valence-corrected chi connectivity index (χ3v) is 6.58. The van der Waals surface area contributed by atoms with Crippen molar-refractivity contribution in [1.29, 1.82) is 5.26 Å². The van der Waals surface area contributed by atoms with Crippen molar-refractivity contribution < 1.29 is 19.0 Å². The van der Waals surface area contributed by atoms with Gasteiger partial charge in [0.2, 0.25) is 5.88 Å². The molecule has 0 amide bonds. The first-order valence-corrected chi connectivity index (χ1v) is 12.3. The van der Waals surface area contributed by atoms with Crippen molar-refractivity contribution in [3.05, 3.63) is 143 Å². The molecule has 1 atom stereocenters. The number of hydrogen-bond donors (Lipinski definition) is 1. The fraction of sp³-hybridized carbons (Fsp3) is 0.0303. The zero-order valence-corrected chi connectivity index (χ0v) is 20.7. The summed E-state index contributed by atoms with van der Waals surface area (Å²) in [7, 11) is 0. The summed E-state index contributed by atoms with van der Waals surface area (Å²) in [6.07, 6.45) is 0. The Morgan fingerprint density at radius 1 is 0.795 bits per heavy atom. The summed E-state index contributed by atoms with van der Waals surface area (Å²) in [5.74, 6) is 1.08. The lowest BCUT2D eigenvalue weighted by atomic mass is 9.83. The van der Waals surface area contributed by atoms with Crippen LogP contribution in [0.3, 0.4) is 0 Å². The van der Waals surface area contributed by atoms with Crippen molar-refractivity contribution in [2.24, 2.45) is 5.73 Å². The van der Waals surface area contributed by atoms with Crippen LogP contribution in [-0.2, 0) is 0 Å². The number of ether oxygens (including phenoxy) is 3. The van der Waals surface area contributed by atoms with Gasteiger partial charge < -0.3 is 19.9 Å². The number of nitriles is 1. The smallest absolute Gasteiger partial charge is 0.344 e. The van der Waals surface area contributed by atoms with Gasteiger partial charge in [0, 0.05) is 11.6 Å². The first-order chi connectivity index (χ1) is 19.1.